The van der Waals surface area contributed by atoms with Crippen LogP contribution in [0.4, 0.5) is 17.1 Å². The Morgan fingerprint density at radius 1 is 1.13 bits per heavy atom. The second kappa shape index (κ2) is 9.78. The Labute approximate surface area is 214 Å². The minimum absolute atomic E-state index is 0.00501. The first-order valence-corrected chi connectivity index (χ1v) is 12.7. The van der Waals surface area contributed by atoms with Crippen LogP contribution >= 0.6 is 0 Å². The van der Waals surface area contributed by atoms with Crippen LogP contribution in [0, 0.1) is 10.1 Å². The maximum absolute atomic E-state index is 12.9. The van der Waals surface area contributed by atoms with Crippen molar-refractivity contribution in [2.75, 3.05) is 16.6 Å². The number of nitrogens with one attached hydrogen (secondary N) is 4. The number of nitro groups is 1. The van der Waals surface area contributed by atoms with Gasteiger partial charge >= 0.3 is 0 Å². The molecule has 2 amide bonds. The number of sulfonamides is 1. The van der Waals surface area contributed by atoms with Gasteiger partial charge in [0.05, 0.1) is 27.6 Å². The highest BCUT2D eigenvalue weighted by Gasteiger charge is 2.21. The van der Waals surface area contributed by atoms with E-state index >= 15 is 0 Å². The zero-order valence-electron chi connectivity index (χ0n) is 19.4. The largest absolute Gasteiger partial charge is 0.482 e. The Kier molecular flexibility index (Phi) is 6.34. The van der Waals surface area contributed by atoms with Gasteiger partial charge < -0.3 is 20.4 Å². The number of carbonyl (C=O) groups excluding carboxylic acids is 2. The van der Waals surface area contributed by atoms with Gasteiger partial charge in [-0.25, -0.2) is 18.4 Å². The van der Waals surface area contributed by atoms with Gasteiger partial charge in [0.25, 0.3) is 17.5 Å². The van der Waals surface area contributed by atoms with Crippen LogP contribution in [0.2, 0.25) is 0 Å². The van der Waals surface area contributed by atoms with Crippen molar-refractivity contribution in [2.24, 2.45) is 0 Å². The predicted molar refractivity (Wildman–Crippen MR) is 135 cm³/mol. The molecule has 5 rings (SSSR count). The molecule has 4 aromatic rings. The van der Waals surface area contributed by atoms with Gasteiger partial charge in [-0.3, -0.25) is 24.4 Å². The number of nitrogens with zero attached hydrogens (tertiary/aromatic N) is 3. The van der Waals surface area contributed by atoms with Crippen LogP contribution in [-0.2, 0) is 27.1 Å². The molecule has 0 bridgehead atoms. The topological polar surface area (TPSA) is 198 Å². The van der Waals surface area contributed by atoms with E-state index in [0.717, 1.165) is 6.33 Å². The Hall–Kier alpha value is -5.05. The minimum atomic E-state index is -3.91. The number of nitro benzene ring substituents is 1. The van der Waals surface area contributed by atoms with Crippen molar-refractivity contribution in [3.63, 3.8) is 0 Å². The smallest absolute Gasteiger partial charge is 0.272 e. The van der Waals surface area contributed by atoms with Crippen LogP contribution in [-0.4, -0.2) is 46.7 Å². The maximum Gasteiger partial charge on any atom is 0.272 e. The number of aromatic nitrogens is 3. The normalized spacial score (nSPS) is 12.8. The molecule has 194 valence electrons. The zero-order chi connectivity index (χ0) is 26.9. The van der Waals surface area contributed by atoms with Crippen LogP contribution in [0.5, 0.6) is 5.75 Å². The van der Waals surface area contributed by atoms with E-state index in [1.54, 1.807) is 18.2 Å². The average Bonchev–Trinajstić information content (AvgIpc) is 3.29. The fraction of sp³-hybridized carbons (Fsp3) is 0.130. The summed E-state index contributed by atoms with van der Waals surface area (Å²) >= 11 is 0. The fourth-order valence-electron chi connectivity index (χ4n) is 3.83. The molecule has 0 saturated carbocycles. The molecule has 38 heavy (non-hydrogen) atoms. The van der Waals surface area contributed by atoms with Crippen LogP contribution in [0.1, 0.15) is 21.6 Å². The lowest BCUT2D eigenvalue weighted by Crippen LogP contribution is -2.26. The highest BCUT2D eigenvalue weighted by molar-refractivity contribution is 7.91. The third-order valence-electron chi connectivity index (χ3n) is 5.58. The summed E-state index contributed by atoms with van der Waals surface area (Å²) in [5.74, 6) is -0.694. The third kappa shape index (κ3) is 5.22. The number of aromatic amines is 1. The molecule has 0 atom stereocenters. The highest BCUT2D eigenvalue weighted by Crippen LogP contribution is 2.29. The molecule has 1 aliphatic rings. The van der Waals surface area contributed by atoms with Gasteiger partial charge in [0, 0.05) is 24.9 Å². The number of ether oxygens (including phenoxy) is 1. The number of non-ortho nitro benzene ring substituents is 1. The van der Waals surface area contributed by atoms with E-state index in [-0.39, 0.29) is 47.2 Å². The molecule has 0 unspecified atom stereocenters. The van der Waals surface area contributed by atoms with Crippen molar-refractivity contribution in [1.29, 1.82) is 0 Å². The number of hydrogen-bond acceptors (Lipinski definition) is 9. The average molecular weight is 538 g/mol. The third-order valence-corrected chi connectivity index (χ3v) is 6.82. The number of carbonyl (C=O) groups is 2. The van der Waals surface area contributed by atoms with Crippen LogP contribution in [0.3, 0.4) is 0 Å². The number of fused-ring (bicyclic) bond motifs is 2. The molecule has 0 radical (unpaired) electrons. The number of hydrogen-bond donors (Lipinski definition) is 4. The standard InChI is InChI=1S/C23H19N7O7S/c31-19-10-37-18-6-3-14(7-16(18)28-19)8-25-23(32)22-21-20(26-12-27-22)17(9-24-21)29-38(35,36)11-13-1-4-15(5-2-13)30(33)34/h1-7,9,12,24,29H,8,10-11H2,(H,25,32)(H,28,31). The maximum atomic E-state index is 12.9. The van der Waals surface area contributed by atoms with Gasteiger partial charge in [-0.15, -0.1) is 0 Å². The number of amides is 2. The summed E-state index contributed by atoms with van der Waals surface area (Å²) in [4.78, 5) is 45.6. The van der Waals surface area contributed by atoms with E-state index in [9.17, 15) is 28.1 Å². The quantitative estimate of drug-likeness (QED) is 0.192. The summed E-state index contributed by atoms with van der Waals surface area (Å²) in [5, 5.41) is 16.2. The van der Waals surface area contributed by atoms with Crippen molar-refractivity contribution in [3.05, 3.63) is 81.9 Å². The highest BCUT2D eigenvalue weighted by atomic mass is 32.2. The van der Waals surface area contributed by atoms with Gasteiger partial charge in [-0.1, -0.05) is 18.2 Å². The van der Waals surface area contributed by atoms with Crippen molar-refractivity contribution in [1.82, 2.24) is 20.3 Å². The summed E-state index contributed by atoms with van der Waals surface area (Å²) in [6, 6.07) is 10.3. The van der Waals surface area contributed by atoms with E-state index in [1.807, 2.05) is 0 Å². The minimum Gasteiger partial charge on any atom is -0.482 e. The van der Waals surface area contributed by atoms with Gasteiger partial charge in [-0.05, 0) is 23.3 Å². The van der Waals surface area contributed by atoms with Gasteiger partial charge in [-0.2, -0.15) is 0 Å². The van der Waals surface area contributed by atoms with Crippen LogP contribution in [0.15, 0.2) is 55.0 Å². The van der Waals surface area contributed by atoms with Gasteiger partial charge in [0.15, 0.2) is 12.3 Å². The van der Waals surface area contributed by atoms with E-state index in [0.29, 0.717) is 22.6 Å². The van der Waals surface area contributed by atoms with E-state index < -0.39 is 26.6 Å². The van der Waals surface area contributed by atoms with Crippen molar-refractivity contribution in [3.8, 4) is 5.75 Å². The van der Waals surface area contributed by atoms with E-state index in [2.05, 4.69) is 30.3 Å². The number of benzene rings is 2. The van der Waals surface area contributed by atoms with Gasteiger partial charge in [0.1, 0.15) is 17.6 Å². The molecule has 0 aliphatic carbocycles. The summed E-state index contributed by atoms with van der Waals surface area (Å²) in [5.41, 5.74) is 1.95. The Balaban J connectivity index is 1.29. The molecule has 2 aromatic heterocycles. The van der Waals surface area contributed by atoms with Crippen molar-refractivity contribution < 1.29 is 27.7 Å². The Morgan fingerprint density at radius 2 is 1.89 bits per heavy atom. The lowest BCUT2D eigenvalue weighted by molar-refractivity contribution is -0.384. The first-order chi connectivity index (χ1) is 18.2. The van der Waals surface area contributed by atoms with Gasteiger partial charge in [0.2, 0.25) is 10.0 Å². The number of H-pyrrole nitrogens is 1. The van der Waals surface area contributed by atoms with Crippen molar-refractivity contribution in [2.45, 2.75) is 12.3 Å². The molecule has 0 saturated heterocycles. The second-order valence-electron chi connectivity index (χ2n) is 8.28. The van der Waals surface area contributed by atoms with Crippen molar-refractivity contribution >= 4 is 49.9 Å². The second-order valence-corrected chi connectivity index (χ2v) is 10.0. The molecule has 15 heteroatoms. The SMILES string of the molecule is O=C1COc2ccc(CNC(=O)c3ncnc4c(NS(=O)(=O)Cc5ccc([N+](=O)[O-])cc5)c[nH]c34)cc2N1. The lowest BCUT2D eigenvalue weighted by atomic mass is 10.1. The first-order valence-electron chi connectivity index (χ1n) is 11.1. The number of anilines is 2. The fourth-order valence-corrected chi connectivity index (χ4v) is 5.03. The molecule has 4 N–H and O–H groups in total. The summed E-state index contributed by atoms with van der Waals surface area (Å²) in [7, 11) is -3.91. The molecule has 1 aliphatic heterocycles. The lowest BCUT2D eigenvalue weighted by Gasteiger charge is -2.18. The monoisotopic (exact) mass is 537 g/mol. The zero-order valence-corrected chi connectivity index (χ0v) is 20.2. The molecule has 0 fully saturated rings. The first kappa shape index (κ1) is 24.6. The van der Waals surface area contributed by atoms with Crippen LogP contribution in [0.25, 0.3) is 11.0 Å². The van der Waals surface area contributed by atoms with E-state index in [1.165, 1.54) is 30.5 Å². The molecular weight excluding hydrogens is 518 g/mol. The Bertz CT molecular complexity index is 1680. The summed E-state index contributed by atoms with van der Waals surface area (Å²) in [6.45, 7) is 0.0705. The molecular formula is C23H19N7O7S. The molecule has 3 heterocycles. The molecule has 0 spiro atoms. The number of rotatable bonds is 8. The Morgan fingerprint density at radius 3 is 2.66 bits per heavy atom. The van der Waals surface area contributed by atoms with Crippen LogP contribution < -0.4 is 20.1 Å². The summed E-state index contributed by atoms with van der Waals surface area (Å²) in [6.07, 6.45) is 2.50. The predicted octanol–water partition coefficient (Wildman–Crippen LogP) is 2.07. The molecule has 14 nitrogen and oxygen atoms in total. The van der Waals surface area contributed by atoms with E-state index in [4.69, 9.17) is 4.74 Å². The summed E-state index contributed by atoms with van der Waals surface area (Å²) < 4.78 is 33.2. The molecule has 2 aromatic carbocycles.